The molecule has 66 valence electrons. The fraction of sp³-hybridized carbons (Fsp3) is 0.111. The molecule has 0 saturated carbocycles. The summed E-state index contributed by atoms with van der Waals surface area (Å²) < 4.78 is 5.15. The van der Waals surface area contributed by atoms with Crippen molar-refractivity contribution in [2.24, 2.45) is 0 Å². The lowest BCUT2D eigenvalue weighted by atomic mass is 10.4. The van der Waals surface area contributed by atoms with Gasteiger partial charge in [-0.2, -0.15) is 0 Å². The summed E-state index contributed by atoms with van der Waals surface area (Å²) in [5.74, 6) is 0.892. The van der Waals surface area contributed by atoms with Gasteiger partial charge in [0.1, 0.15) is 12.1 Å². The third-order valence-electron chi connectivity index (χ3n) is 1.61. The number of nitrogens with zero attached hydrogens (tertiary/aromatic N) is 2. The number of rotatable bonds is 3. The van der Waals surface area contributed by atoms with Crippen LogP contribution in [-0.4, -0.2) is 9.97 Å². The molecule has 0 unspecified atom stereocenters. The van der Waals surface area contributed by atoms with Gasteiger partial charge in [0.2, 0.25) is 0 Å². The Morgan fingerprint density at radius 2 is 2.15 bits per heavy atom. The lowest BCUT2D eigenvalue weighted by molar-refractivity contribution is 0.518. The topological polar surface area (TPSA) is 51.0 Å². The molecule has 0 bridgehead atoms. The Morgan fingerprint density at radius 3 is 2.85 bits per heavy atom. The quantitative estimate of drug-likeness (QED) is 0.771. The minimum Gasteiger partial charge on any atom is -0.467 e. The molecule has 4 heteroatoms. The van der Waals surface area contributed by atoms with Crippen LogP contribution >= 0.6 is 0 Å². The predicted octanol–water partition coefficient (Wildman–Crippen LogP) is 1.68. The van der Waals surface area contributed by atoms with E-state index in [9.17, 15) is 0 Å². The number of aromatic nitrogens is 2. The van der Waals surface area contributed by atoms with E-state index in [2.05, 4.69) is 15.3 Å². The average Bonchev–Trinajstić information content (AvgIpc) is 2.69. The van der Waals surface area contributed by atoms with Crippen LogP contribution in [0.5, 0.6) is 0 Å². The van der Waals surface area contributed by atoms with Crippen molar-refractivity contribution in [3.8, 4) is 0 Å². The third-order valence-corrected chi connectivity index (χ3v) is 1.61. The fourth-order valence-corrected chi connectivity index (χ4v) is 0.993. The number of hydrogen-bond acceptors (Lipinski definition) is 4. The highest BCUT2D eigenvalue weighted by Crippen LogP contribution is 2.05. The van der Waals surface area contributed by atoms with Gasteiger partial charge in [-0.1, -0.05) is 0 Å². The highest BCUT2D eigenvalue weighted by Gasteiger charge is 1.94. The smallest absolute Gasteiger partial charge is 0.122 e. The first kappa shape index (κ1) is 7.79. The molecule has 2 aromatic rings. The van der Waals surface area contributed by atoms with Gasteiger partial charge in [-0.05, 0) is 12.1 Å². The molecule has 0 fully saturated rings. The molecule has 2 heterocycles. The molecule has 2 aromatic heterocycles. The van der Waals surface area contributed by atoms with E-state index in [-0.39, 0.29) is 0 Å². The zero-order chi connectivity index (χ0) is 8.93. The predicted molar refractivity (Wildman–Crippen MR) is 48.1 cm³/mol. The lowest BCUT2D eigenvalue weighted by Crippen LogP contribution is -1.98. The van der Waals surface area contributed by atoms with Gasteiger partial charge in [0.15, 0.2) is 0 Å². The van der Waals surface area contributed by atoms with Gasteiger partial charge in [0.25, 0.3) is 0 Å². The molecule has 0 aromatic carbocycles. The molecule has 4 nitrogen and oxygen atoms in total. The van der Waals surface area contributed by atoms with Crippen molar-refractivity contribution in [3.63, 3.8) is 0 Å². The summed E-state index contributed by atoms with van der Waals surface area (Å²) in [7, 11) is 0. The molecular weight excluding hydrogens is 166 g/mol. The van der Waals surface area contributed by atoms with Crippen LogP contribution in [0.2, 0.25) is 0 Å². The van der Waals surface area contributed by atoms with Gasteiger partial charge in [-0.25, -0.2) is 9.97 Å². The lowest BCUT2D eigenvalue weighted by Gasteiger charge is -2.01. The monoisotopic (exact) mass is 175 g/mol. The van der Waals surface area contributed by atoms with Crippen molar-refractivity contribution in [2.75, 3.05) is 5.32 Å². The summed E-state index contributed by atoms with van der Waals surface area (Å²) in [4.78, 5) is 7.76. The minimum atomic E-state index is 0.653. The van der Waals surface area contributed by atoms with E-state index in [0.717, 1.165) is 11.4 Å². The summed E-state index contributed by atoms with van der Waals surface area (Å²) in [6.07, 6.45) is 6.59. The SMILES string of the molecule is c1coc(CNc2cncnc2)c1. The van der Waals surface area contributed by atoms with Gasteiger partial charge in [-0.15, -0.1) is 0 Å². The number of hydrogen-bond donors (Lipinski definition) is 1. The van der Waals surface area contributed by atoms with Gasteiger partial charge in [-0.3, -0.25) is 0 Å². The van der Waals surface area contributed by atoms with Crippen molar-refractivity contribution >= 4 is 5.69 Å². The van der Waals surface area contributed by atoms with Crippen LogP contribution in [0.4, 0.5) is 5.69 Å². The van der Waals surface area contributed by atoms with Crippen LogP contribution in [0.15, 0.2) is 41.5 Å². The van der Waals surface area contributed by atoms with Crippen LogP contribution in [0.25, 0.3) is 0 Å². The maximum atomic E-state index is 5.15. The van der Waals surface area contributed by atoms with Crippen molar-refractivity contribution in [3.05, 3.63) is 42.9 Å². The minimum absolute atomic E-state index is 0.653. The largest absolute Gasteiger partial charge is 0.467 e. The van der Waals surface area contributed by atoms with Crippen molar-refractivity contribution in [1.82, 2.24) is 9.97 Å². The Kier molecular flexibility index (Phi) is 2.22. The molecule has 0 aliphatic heterocycles. The van der Waals surface area contributed by atoms with E-state index in [0.29, 0.717) is 6.54 Å². The molecule has 0 atom stereocenters. The zero-order valence-corrected chi connectivity index (χ0v) is 6.97. The Bertz CT molecular complexity index is 344. The van der Waals surface area contributed by atoms with E-state index in [1.54, 1.807) is 18.7 Å². The molecular formula is C9H9N3O. The highest BCUT2D eigenvalue weighted by atomic mass is 16.3. The van der Waals surface area contributed by atoms with E-state index in [1.807, 2.05) is 12.1 Å². The van der Waals surface area contributed by atoms with Crippen molar-refractivity contribution in [1.29, 1.82) is 0 Å². The summed E-state index contributed by atoms with van der Waals surface area (Å²) in [6.45, 7) is 0.653. The van der Waals surface area contributed by atoms with Gasteiger partial charge < -0.3 is 9.73 Å². The van der Waals surface area contributed by atoms with Crippen LogP contribution in [0.3, 0.4) is 0 Å². The van der Waals surface area contributed by atoms with Gasteiger partial charge in [0.05, 0.1) is 30.9 Å². The second-order valence-electron chi connectivity index (χ2n) is 2.56. The second kappa shape index (κ2) is 3.71. The summed E-state index contributed by atoms with van der Waals surface area (Å²) in [5.41, 5.74) is 0.888. The van der Waals surface area contributed by atoms with Gasteiger partial charge >= 0.3 is 0 Å². The highest BCUT2D eigenvalue weighted by molar-refractivity contribution is 5.37. The van der Waals surface area contributed by atoms with Crippen molar-refractivity contribution < 1.29 is 4.42 Å². The first-order valence-corrected chi connectivity index (χ1v) is 3.96. The first-order chi connectivity index (χ1) is 6.45. The van der Waals surface area contributed by atoms with Crippen molar-refractivity contribution in [2.45, 2.75) is 6.54 Å². The summed E-state index contributed by atoms with van der Waals surface area (Å²) in [5, 5.41) is 3.13. The Morgan fingerprint density at radius 1 is 1.31 bits per heavy atom. The fourth-order valence-electron chi connectivity index (χ4n) is 0.993. The molecule has 0 amide bonds. The van der Waals surface area contributed by atoms with E-state index in [4.69, 9.17) is 4.42 Å². The summed E-state index contributed by atoms with van der Waals surface area (Å²) >= 11 is 0. The van der Waals surface area contributed by atoms with Crippen LogP contribution in [0, 0.1) is 0 Å². The number of anilines is 1. The van der Waals surface area contributed by atoms with Crippen LogP contribution < -0.4 is 5.32 Å². The number of furan rings is 1. The zero-order valence-electron chi connectivity index (χ0n) is 6.97. The molecule has 1 N–H and O–H groups in total. The maximum absolute atomic E-state index is 5.15. The van der Waals surface area contributed by atoms with E-state index in [1.165, 1.54) is 6.33 Å². The maximum Gasteiger partial charge on any atom is 0.122 e. The normalized spacial score (nSPS) is 9.85. The molecule has 0 aliphatic carbocycles. The third kappa shape index (κ3) is 2.05. The molecule has 0 spiro atoms. The van der Waals surface area contributed by atoms with Crippen LogP contribution in [-0.2, 0) is 6.54 Å². The van der Waals surface area contributed by atoms with Gasteiger partial charge in [0, 0.05) is 0 Å². The standard InChI is InChI=1S/C9H9N3O/c1-2-9(13-3-1)6-12-8-4-10-7-11-5-8/h1-5,7,12H,6H2. The molecule has 13 heavy (non-hydrogen) atoms. The Balaban J connectivity index is 1.94. The van der Waals surface area contributed by atoms with E-state index < -0.39 is 0 Å². The Hall–Kier alpha value is -1.84. The van der Waals surface area contributed by atoms with Crippen LogP contribution in [0.1, 0.15) is 5.76 Å². The first-order valence-electron chi connectivity index (χ1n) is 3.96. The molecule has 0 aliphatic rings. The average molecular weight is 175 g/mol. The second-order valence-corrected chi connectivity index (χ2v) is 2.56. The molecule has 0 radical (unpaired) electrons. The Labute approximate surface area is 75.6 Å². The van der Waals surface area contributed by atoms with E-state index >= 15 is 0 Å². The summed E-state index contributed by atoms with van der Waals surface area (Å²) in [6, 6.07) is 3.77. The number of nitrogens with one attached hydrogen (secondary N) is 1. The molecule has 2 rings (SSSR count). The molecule has 0 saturated heterocycles.